The average molecular weight is 280 g/mol. The highest BCUT2D eigenvalue weighted by Gasteiger charge is 2.30. The first-order valence-electron chi connectivity index (χ1n) is 6.37. The number of carbonyl (C=O) groups is 2. The Morgan fingerprint density at radius 1 is 1.35 bits per heavy atom. The molecule has 0 aliphatic rings. The summed E-state index contributed by atoms with van der Waals surface area (Å²) in [6.45, 7) is 3.32. The standard InChI is InChI=1S/C14H20N2O4/c1-3-14(2,15)13(20)16-11(12(18)19)8-9-4-6-10(17)7-5-9/h4-7,11,17H,3,8,15H2,1-2H3,(H,16,20)(H,18,19)/t11-,14?/m1/s1. The van der Waals surface area contributed by atoms with Crippen molar-refractivity contribution >= 4 is 11.9 Å². The van der Waals surface area contributed by atoms with Gasteiger partial charge in [-0.1, -0.05) is 19.1 Å². The molecule has 6 nitrogen and oxygen atoms in total. The number of rotatable bonds is 6. The molecule has 0 spiro atoms. The lowest BCUT2D eigenvalue weighted by molar-refractivity contribution is -0.142. The molecule has 1 amide bonds. The molecule has 0 saturated heterocycles. The van der Waals surface area contributed by atoms with Crippen LogP contribution in [0, 0.1) is 0 Å². The fourth-order valence-corrected chi connectivity index (χ4v) is 1.55. The van der Waals surface area contributed by atoms with Crippen LogP contribution >= 0.6 is 0 Å². The zero-order valence-corrected chi connectivity index (χ0v) is 11.6. The SMILES string of the molecule is CCC(C)(N)C(=O)N[C@H](Cc1ccc(O)cc1)C(=O)O. The molecule has 1 aromatic rings. The summed E-state index contributed by atoms with van der Waals surface area (Å²) in [5, 5.41) is 20.8. The Hall–Kier alpha value is -2.08. The summed E-state index contributed by atoms with van der Waals surface area (Å²) < 4.78 is 0. The van der Waals surface area contributed by atoms with Gasteiger partial charge in [-0.2, -0.15) is 0 Å². The number of phenols is 1. The van der Waals surface area contributed by atoms with Gasteiger partial charge in [0, 0.05) is 6.42 Å². The first kappa shape index (κ1) is 16.0. The van der Waals surface area contributed by atoms with Crippen LogP contribution in [0.2, 0.25) is 0 Å². The van der Waals surface area contributed by atoms with Crippen molar-refractivity contribution in [1.29, 1.82) is 0 Å². The van der Waals surface area contributed by atoms with E-state index in [0.717, 1.165) is 0 Å². The average Bonchev–Trinajstić information content (AvgIpc) is 2.40. The first-order valence-corrected chi connectivity index (χ1v) is 6.37. The van der Waals surface area contributed by atoms with Crippen LogP contribution in [0.15, 0.2) is 24.3 Å². The van der Waals surface area contributed by atoms with E-state index in [1.54, 1.807) is 26.0 Å². The molecule has 0 heterocycles. The van der Waals surface area contributed by atoms with Crippen LogP contribution in [0.3, 0.4) is 0 Å². The summed E-state index contributed by atoms with van der Waals surface area (Å²) in [7, 11) is 0. The van der Waals surface area contributed by atoms with E-state index in [1.807, 2.05) is 0 Å². The van der Waals surface area contributed by atoms with Crippen LogP contribution < -0.4 is 11.1 Å². The van der Waals surface area contributed by atoms with Crippen LogP contribution in [0.4, 0.5) is 0 Å². The monoisotopic (exact) mass is 280 g/mol. The quantitative estimate of drug-likeness (QED) is 0.610. The summed E-state index contributed by atoms with van der Waals surface area (Å²) >= 11 is 0. The summed E-state index contributed by atoms with van der Waals surface area (Å²) in [5.41, 5.74) is 5.39. The van der Waals surface area contributed by atoms with Crippen LogP contribution in [0.5, 0.6) is 5.75 Å². The predicted octanol–water partition coefficient (Wildman–Crippen LogP) is 0.631. The fourth-order valence-electron chi connectivity index (χ4n) is 1.55. The normalized spacial score (nSPS) is 15.2. The van der Waals surface area contributed by atoms with Crippen LogP contribution in [0.25, 0.3) is 0 Å². The number of amides is 1. The van der Waals surface area contributed by atoms with Gasteiger partial charge in [0.05, 0.1) is 5.54 Å². The zero-order valence-electron chi connectivity index (χ0n) is 11.6. The molecule has 1 unspecified atom stereocenters. The minimum Gasteiger partial charge on any atom is -0.508 e. The van der Waals surface area contributed by atoms with Crippen molar-refractivity contribution < 1.29 is 19.8 Å². The number of carbonyl (C=O) groups excluding carboxylic acids is 1. The Balaban J connectivity index is 2.78. The second kappa shape index (κ2) is 6.38. The van der Waals surface area contributed by atoms with Gasteiger partial charge in [0.2, 0.25) is 5.91 Å². The van der Waals surface area contributed by atoms with Gasteiger partial charge >= 0.3 is 5.97 Å². The molecule has 0 fully saturated rings. The lowest BCUT2D eigenvalue weighted by Crippen LogP contribution is -2.55. The second-order valence-corrected chi connectivity index (χ2v) is 5.01. The maximum Gasteiger partial charge on any atom is 0.326 e. The predicted molar refractivity (Wildman–Crippen MR) is 74.3 cm³/mol. The highest BCUT2D eigenvalue weighted by atomic mass is 16.4. The van der Waals surface area contributed by atoms with Crippen molar-refractivity contribution in [1.82, 2.24) is 5.32 Å². The minimum atomic E-state index is -1.13. The van der Waals surface area contributed by atoms with E-state index in [4.69, 9.17) is 5.73 Å². The highest BCUT2D eigenvalue weighted by Crippen LogP contribution is 2.12. The van der Waals surface area contributed by atoms with Gasteiger partial charge in [0.25, 0.3) is 0 Å². The first-order chi connectivity index (χ1) is 9.26. The van der Waals surface area contributed by atoms with Crippen molar-refractivity contribution in [3.8, 4) is 5.75 Å². The molecule has 5 N–H and O–H groups in total. The van der Waals surface area contributed by atoms with Crippen molar-refractivity contribution in [3.05, 3.63) is 29.8 Å². The number of phenolic OH excluding ortho intramolecular Hbond substituents is 1. The Morgan fingerprint density at radius 2 is 1.90 bits per heavy atom. The Labute approximate surface area is 117 Å². The van der Waals surface area contributed by atoms with Gasteiger partial charge in [0.15, 0.2) is 0 Å². The number of benzene rings is 1. The number of hydrogen-bond donors (Lipinski definition) is 4. The van der Waals surface area contributed by atoms with Crippen molar-refractivity contribution in [2.45, 2.75) is 38.3 Å². The summed E-state index contributed by atoms with van der Waals surface area (Å²) in [6.07, 6.45) is 0.533. The van der Waals surface area contributed by atoms with Gasteiger partial charge in [-0.3, -0.25) is 4.79 Å². The third-order valence-electron chi connectivity index (χ3n) is 3.23. The minimum absolute atomic E-state index is 0.102. The molecule has 0 aliphatic heterocycles. The second-order valence-electron chi connectivity index (χ2n) is 5.01. The number of aromatic hydroxyl groups is 1. The van der Waals surface area contributed by atoms with Gasteiger partial charge in [-0.25, -0.2) is 4.79 Å². The van der Waals surface area contributed by atoms with Crippen LogP contribution in [-0.4, -0.2) is 33.7 Å². The molecular weight excluding hydrogens is 260 g/mol. The number of carboxylic acid groups (broad SMARTS) is 1. The Bertz CT molecular complexity index is 482. The maximum atomic E-state index is 11.9. The van der Waals surface area contributed by atoms with Crippen molar-refractivity contribution in [2.24, 2.45) is 5.73 Å². The molecule has 20 heavy (non-hydrogen) atoms. The molecular formula is C14H20N2O4. The smallest absolute Gasteiger partial charge is 0.326 e. The van der Waals surface area contributed by atoms with E-state index in [0.29, 0.717) is 12.0 Å². The molecule has 0 aliphatic carbocycles. The Morgan fingerprint density at radius 3 is 2.35 bits per heavy atom. The topological polar surface area (TPSA) is 113 Å². The third kappa shape index (κ3) is 4.24. The van der Waals surface area contributed by atoms with Gasteiger partial charge < -0.3 is 21.3 Å². The summed E-state index contributed by atoms with van der Waals surface area (Å²) in [6, 6.07) is 5.10. The van der Waals surface area contributed by atoms with E-state index in [2.05, 4.69) is 5.32 Å². The van der Waals surface area contributed by atoms with E-state index in [9.17, 15) is 19.8 Å². The largest absolute Gasteiger partial charge is 0.508 e. The van der Waals surface area contributed by atoms with Gasteiger partial charge in [0.1, 0.15) is 11.8 Å². The lowest BCUT2D eigenvalue weighted by atomic mass is 9.98. The number of carboxylic acids is 1. The van der Waals surface area contributed by atoms with E-state index >= 15 is 0 Å². The molecule has 2 atom stereocenters. The fraction of sp³-hybridized carbons (Fsp3) is 0.429. The zero-order chi connectivity index (χ0) is 15.3. The maximum absolute atomic E-state index is 11.9. The lowest BCUT2D eigenvalue weighted by Gasteiger charge is -2.24. The number of hydrogen-bond acceptors (Lipinski definition) is 4. The highest BCUT2D eigenvalue weighted by molar-refractivity contribution is 5.89. The molecule has 0 aromatic heterocycles. The summed E-state index contributed by atoms with van der Waals surface area (Å²) in [4.78, 5) is 23.1. The van der Waals surface area contributed by atoms with E-state index in [1.165, 1.54) is 12.1 Å². The van der Waals surface area contributed by atoms with Crippen LogP contribution in [-0.2, 0) is 16.0 Å². The van der Waals surface area contributed by atoms with Crippen LogP contribution in [0.1, 0.15) is 25.8 Å². The molecule has 6 heteroatoms. The molecule has 1 rings (SSSR count). The summed E-state index contributed by atoms with van der Waals surface area (Å²) in [5.74, 6) is -1.52. The Kier molecular flexibility index (Phi) is 5.10. The van der Waals surface area contributed by atoms with Crippen molar-refractivity contribution in [2.75, 3.05) is 0 Å². The van der Waals surface area contributed by atoms with E-state index in [-0.39, 0.29) is 12.2 Å². The van der Waals surface area contributed by atoms with Gasteiger partial charge in [-0.05, 0) is 31.0 Å². The molecule has 1 aromatic carbocycles. The number of nitrogens with one attached hydrogen (secondary N) is 1. The number of aliphatic carboxylic acids is 1. The van der Waals surface area contributed by atoms with E-state index < -0.39 is 23.5 Å². The molecule has 0 radical (unpaired) electrons. The van der Waals surface area contributed by atoms with Gasteiger partial charge in [-0.15, -0.1) is 0 Å². The third-order valence-corrected chi connectivity index (χ3v) is 3.23. The number of nitrogens with two attached hydrogens (primary N) is 1. The molecule has 0 bridgehead atoms. The van der Waals surface area contributed by atoms with Crippen molar-refractivity contribution in [3.63, 3.8) is 0 Å². The molecule has 0 saturated carbocycles. The molecule has 110 valence electrons.